The van der Waals surface area contributed by atoms with E-state index in [9.17, 15) is 9.59 Å². The minimum Gasteiger partial charge on any atom is -0.497 e. The smallest absolute Gasteiger partial charge is 0.270 e. The first-order valence-corrected chi connectivity index (χ1v) is 10.8. The van der Waals surface area contributed by atoms with Gasteiger partial charge in [-0.15, -0.1) is 0 Å². The van der Waals surface area contributed by atoms with Gasteiger partial charge in [-0.3, -0.25) is 9.59 Å². The third kappa shape index (κ3) is 4.74. The zero-order chi connectivity index (χ0) is 21.8. The molecule has 0 unspecified atom stereocenters. The van der Waals surface area contributed by atoms with Crippen molar-refractivity contribution in [3.63, 3.8) is 0 Å². The Hall–Kier alpha value is -3.28. The number of likely N-dealkylation sites (tertiary alicyclic amines) is 1. The van der Waals surface area contributed by atoms with E-state index >= 15 is 0 Å². The lowest BCUT2D eigenvalue weighted by atomic mass is 9.84. The van der Waals surface area contributed by atoms with Crippen molar-refractivity contribution in [3.05, 3.63) is 65.9 Å². The topological polar surface area (TPSA) is 74.4 Å². The van der Waals surface area contributed by atoms with E-state index < -0.39 is 0 Å². The van der Waals surface area contributed by atoms with Crippen LogP contribution in [0.1, 0.15) is 35.8 Å². The van der Waals surface area contributed by atoms with Gasteiger partial charge in [-0.1, -0.05) is 37.3 Å². The highest BCUT2D eigenvalue weighted by atomic mass is 16.5. The van der Waals surface area contributed by atoms with Crippen molar-refractivity contribution < 1.29 is 14.3 Å². The minimum atomic E-state index is -0.0871. The van der Waals surface area contributed by atoms with Crippen LogP contribution in [-0.2, 0) is 11.3 Å². The molecule has 31 heavy (non-hydrogen) atoms. The average Bonchev–Trinajstić information content (AvgIpc) is 3.26. The molecule has 6 nitrogen and oxygen atoms in total. The van der Waals surface area contributed by atoms with Crippen molar-refractivity contribution in [2.75, 3.05) is 20.2 Å². The van der Waals surface area contributed by atoms with E-state index in [2.05, 4.69) is 10.3 Å². The van der Waals surface area contributed by atoms with Crippen LogP contribution in [0.3, 0.4) is 0 Å². The zero-order valence-corrected chi connectivity index (χ0v) is 18.1. The summed E-state index contributed by atoms with van der Waals surface area (Å²) in [4.78, 5) is 30.7. The van der Waals surface area contributed by atoms with Crippen LogP contribution >= 0.6 is 0 Å². The van der Waals surface area contributed by atoms with E-state index in [1.165, 1.54) is 0 Å². The molecule has 2 amide bonds. The van der Waals surface area contributed by atoms with Crippen molar-refractivity contribution in [2.24, 2.45) is 11.8 Å². The molecule has 1 atom stereocenters. The van der Waals surface area contributed by atoms with Crippen LogP contribution in [0.15, 0.2) is 54.6 Å². The molecule has 2 N–H and O–H groups in total. The minimum absolute atomic E-state index is 0.0322. The lowest BCUT2D eigenvalue weighted by molar-refractivity contribution is -0.126. The molecule has 1 aliphatic rings. The summed E-state index contributed by atoms with van der Waals surface area (Å²) in [7, 11) is 1.63. The zero-order valence-electron chi connectivity index (χ0n) is 18.1. The van der Waals surface area contributed by atoms with Crippen LogP contribution in [0.25, 0.3) is 10.9 Å². The molecule has 0 bridgehead atoms. The van der Waals surface area contributed by atoms with Crippen LogP contribution in [0.4, 0.5) is 0 Å². The number of benzene rings is 2. The predicted molar refractivity (Wildman–Crippen MR) is 121 cm³/mol. The Bertz CT molecular complexity index is 1030. The van der Waals surface area contributed by atoms with Gasteiger partial charge >= 0.3 is 0 Å². The molecule has 4 rings (SSSR count). The first-order chi connectivity index (χ1) is 15.0. The first kappa shape index (κ1) is 21.0. The number of para-hydroxylation sites is 1. The number of hydrogen-bond acceptors (Lipinski definition) is 3. The number of nitrogens with zero attached hydrogens (tertiary/aromatic N) is 1. The van der Waals surface area contributed by atoms with Gasteiger partial charge in [0.25, 0.3) is 5.91 Å². The van der Waals surface area contributed by atoms with Crippen molar-refractivity contribution in [3.8, 4) is 5.75 Å². The van der Waals surface area contributed by atoms with Gasteiger partial charge in [0.2, 0.25) is 5.91 Å². The fourth-order valence-electron chi connectivity index (χ4n) is 4.31. The Balaban J connectivity index is 1.29. The van der Waals surface area contributed by atoms with Gasteiger partial charge in [0.05, 0.1) is 7.11 Å². The molecule has 0 aliphatic carbocycles. The summed E-state index contributed by atoms with van der Waals surface area (Å²) in [5.74, 6) is 1.06. The van der Waals surface area contributed by atoms with E-state index in [0.717, 1.165) is 35.1 Å². The van der Waals surface area contributed by atoms with E-state index in [0.29, 0.717) is 25.3 Å². The molecule has 1 aromatic heterocycles. The van der Waals surface area contributed by atoms with Crippen LogP contribution in [0.5, 0.6) is 5.75 Å². The quantitative estimate of drug-likeness (QED) is 0.635. The number of rotatable bonds is 6. The normalized spacial score (nSPS) is 15.6. The number of carbonyl (C=O) groups is 2. The van der Waals surface area contributed by atoms with Crippen LogP contribution in [0.2, 0.25) is 0 Å². The van der Waals surface area contributed by atoms with Crippen LogP contribution in [-0.4, -0.2) is 41.9 Å². The number of fused-ring (bicyclic) bond motifs is 1. The van der Waals surface area contributed by atoms with Gasteiger partial charge in [-0.2, -0.15) is 0 Å². The van der Waals surface area contributed by atoms with Crippen molar-refractivity contribution in [1.82, 2.24) is 15.2 Å². The number of hydrogen-bond donors (Lipinski definition) is 2. The number of methoxy groups -OCH3 is 1. The first-order valence-electron chi connectivity index (χ1n) is 10.8. The number of ether oxygens (including phenoxy) is 1. The lowest BCUT2D eigenvalue weighted by Crippen LogP contribution is -2.42. The fraction of sp³-hybridized carbons (Fsp3) is 0.360. The second-order valence-corrected chi connectivity index (χ2v) is 8.26. The number of nitrogens with one attached hydrogen (secondary N) is 2. The standard InChI is InChI=1S/C25H29N3O3/c1-17(24(29)26-16-18-6-5-8-21(14-18)31-2)19-10-12-28(13-11-19)25(30)23-15-20-7-3-4-9-22(20)27-23/h3-9,14-15,17,19,27H,10-13,16H2,1-2H3,(H,26,29)/t17-/m0/s1. The number of carbonyl (C=O) groups excluding carboxylic acids is 2. The largest absolute Gasteiger partial charge is 0.497 e. The Labute approximate surface area is 182 Å². The summed E-state index contributed by atoms with van der Waals surface area (Å²) < 4.78 is 5.24. The molecule has 3 aromatic rings. The number of aromatic nitrogens is 1. The molecule has 1 saturated heterocycles. The highest BCUT2D eigenvalue weighted by molar-refractivity contribution is 5.98. The van der Waals surface area contributed by atoms with Gasteiger partial charge in [-0.05, 0) is 48.6 Å². The second-order valence-electron chi connectivity index (χ2n) is 8.26. The fourth-order valence-corrected chi connectivity index (χ4v) is 4.31. The second kappa shape index (κ2) is 9.25. The highest BCUT2D eigenvalue weighted by Crippen LogP contribution is 2.27. The van der Waals surface area contributed by atoms with Gasteiger partial charge in [0, 0.05) is 36.5 Å². The molecular weight excluding hydrogens is 390 g/mol. The summed E-state index contributed by atoms with van der Waals surface area (Å²) >= 11 is 0. The van der Waals surface area contributed by atoms with E-state index in [1.54, 1.807) is 7.11 Å². The molecule has 0 saturated carbocycles. The SMILES string of the molecule is COc1cccc(CNC(=O)[C@@H](C)C2CCN(C(=O)c3cc4ccccc4[nH]3)CC2)c1. The summed E-state index contributed by atoms with van der Waals surface area (Å²) in [5, 5.41) is 4.09. The summed E-state index contributed by atoms with van der Waals surface area (Å²) in [6.07, 6.45) is 1.67. The third-order valence-corrected chi connectivity index (χ3v) is 6.31. The Kier molecular flexibility index (Phi) is 6.26. The number of amides is 2. The Morgan fingerprint density at radius 1 is 1.13 bits per heavy atom. The molecule has 6 heteroatoms. The number of piperidine rings is 1. The monoisotopic (exact) mass is 419 g/mol. The predicted octanol–water partition coefficient (Wildman–Crippen LogP) is 3.98. The molecule has 0 radical (unpaired) electrons. The van der Waals surface area contributed by atoms with E-state index in [-0.39, 0.29) is 23.7 Å². The van der Waals surface area contributed by atoms with Gasteiger partial charge in [-0.25, -0.2) is 0 Å². The molecule has 1 fully saturated rings. The van der Waals surface area contributed by atoms with Crippen LogP contribution < -0.4 is 10.1 Å². The lowest BCUT2D eigenvalue weighted by Gasteiger charge is -2.34. The van der Waals surface area contributed by atoms with Crippen LogP contribution in [0, 0.1) is 11.8 Å². The average molecular weight is 420 g/mol. The third-order valence-electron chi connectivity index (χ3n) is 6.31. The van der Waals surface area contributed by atoms with Gasteiger partial charge < -0.3 is 19.9 Å². The molecule has 1 aliphatic heterocycles. The Morgan fingerprint density at radius 3 is 2.65 bits per heavy atom. The van der Waals surface area contributed by atoms with E-state index in [4.69, 9.17) is 4.74 Å². The summed E-state index contributed by atoms with van der Waals surface area (Å²) in [5.41, 5.74) is 2.62. The molecule has 0 spiro atoms. The highest BCUT2D eigenvalue weighted by Gasteiger charge is 2.30. The van der Waals surface area contributed by atoms with Crippen molar-refractivity contribution in [1.29, 1.82) is 0 Å². The van der Waals surface area contributed by atoms with E-state index in [1.807, 2.05) is 66.4 Å². The molecular formula is C25H29N3O3. The number of aromatic amines is 1. The van der Waals surface area contributed by atoms with Gasteiger partial charge in [0.15, 0.2) is 0 Å². The molecule has 2 heterocycles. The summed E-state index contributed by atoms with van der Waals surface area (Å²) in [6.45, 7) is 3.82. The Morgan fingerprint density at radius 2 is 1.90 bits per heavy atom. The molecule has 162 valence electrons. The number of H-pyrrole nitrogens is 1. The maximum Gasteiger partial charge on any atom is 0.270 e. The van der Waals surface area contributed by atoms with Crippen molar-refractivity contribution in [2.45, 2.75) is 26.3 Å². The van der Waals surface area contributed by atoms with Gasteiger partial charge in [0.1, 0.15) is 11.4 Å². The maximum absolute atomic E-state index is 12.9. The van der Waals surface area contributed by atoms with Crippen molar-refractivity contribution >= 4 is 22.7 Å². The maximum atomic E-state index is 12.9. The molecule has 2 aromatic carbocycles. The summed E-state index contributed by atoms with van der Waals surface area (Å²) in [6, 6.07) is 17.5.